The van der Waals surface area contributed by atoms with Crippen LogP contribution in [0.15, 0.2) is 48.5 Å². The number of phenols is 2. The lowest BCUT2D eigenvalue weighted by Crippen LogP contribution is -2.71. The number of β-lactam (4-membered cyclic amide) rings is 2. The summed E-state index contributed by atoms with van der Waals surface area (Å²) in [5, 5.41) is 47.8. The maximum absolute atomic E-state index is 13.7. The first-order chi connectivity index (χ1) is 25.7. The topological polar surface area (TPSA) is 272 Å². The number of thioether (sulfide) groups is 2. The van der Waals surface area contributed by atoms with Gasteiger partial charge >= 0.3 is 11.9 Å². The van der Waals surface area contributed by atoms with Gasteiger partial charge in [-0.05, 0) is 63.1 Å². The molecule has 20 heteroatoms. The third-order valence-corrected chi connectivity index (χ3v) is 13.0. The first-order valence-electron chi connectivity index (χ1n) is 16.9. The van der Waals surface area contributed by atoms with Crippen molar-refractivity contribution in [3.05, 3.63) is 59.7 Å². The van der Waals surface area contributed by atoms with E-state index < -0.39 is 110 Å². The zero-order chi connectivity index (χ0) is 40.3. The van der Waals surface area contributed by atoms with Crippen LogP contribution < -0.4 is 21.3 Å². The lowest BCUT2D eigenvalue weighted by Gasteiger charge is -2.44. The van der Waals surface area contributed by atoms with Crippen LogP contribution in [0.5, 0.6) is 11.5 Å². The molecule has 2 aromatic carbocycles. The summed E-state index contributed by atoms with van der Waals surface area (Å²) in [6.07, 6.45) is -0.907. The van der Waals surface area contributed by atoms with Gasteiger partial charge in [0.15, 0.2) is 0 Å². The Bertz CT molecular complexity index is 1840. The van der Waals surface area contributed by atoms with E-state index in [-0.39, 0.29) is 22.6 Å². The van der Waals surface area contributed by atoms with Gasteiger partial charge in [-0.25, -0.2) is 9.59 Å². The van der Waals surface area contributed by atoms with E-state index in [9.17, 15) is 58.8 Å². The maximum atomic E-state index is 13.7. The highest BCUT2D eigenvalue weighted by atomic mass is 32.2. The fourth-order valence-electron chi connectivity index (χ4n) is 7.27. The highest BCUT2D eigenvalue weighted by molar-refractivity contribution is 8.02. The van der Waals surface area contributed by atoms with Crippen LogP contribution in [0, 0.1) is 0 Å². The monoisotopic (exact) mass is 798 g/mol. The molecule has 0 radical (unpaired) electrons. The molecular formula is C35H38N6O12S2. The molecule has 6 rings (SSSR count). The highest BCUT2D eigenvalue weighted by Crippen LogP contribution is 2.52. The Morgan fingerprint density at radius 2 is 0.964 bits per heavy atom. The van der Waals surface area contributed by atoms with Gasteiger partial charge in [-0.3, -0.25) is 28.8 Å². The van der Waals surface area contributed by atoms with Crippen molar-refractivity contribution >= 4 is 70.9 Å². The number of fused-ring (bicyclic) bond motifs is 2. The second-order valence-electron chi connectivity index (χ2n) is 14.5. The Morgan fingerprint density at radius 3 is 1.27 bits per heavy atom. The van der Waals surface area contributed by atoms with Crippen LogP contribution in [0.3, 0.4) is 0 Å². The minimum Gasteiger partial charge on any atom is -0.508 e. The molecule has 292 valence electrons. The van der Waals surface area contributed by atoms with Crippen LogP contribution in [0.25, 0.3) is 0 Å². The van der Waals surface area contributed by atoms with E-state index in [1.54, 1.807) is 27.7 Å². The van der Waals surface area contributed by atoms with Gasteiger partial charge in [-0.2, -0.15) is 0 Å². The first kappa shape index (κ1) is 39.2. The Balaban J connectivity index is 1.14. The Hall–Kier alpha value is -5.50. The number of hydrogen-bond acceptors (Lipinski definition) is 12. The van der Waals surface area contributed by atoms with Crippen LogP contribution in [0.4, 0.5) is 0 Å². The van der Waals surface area contributed by atoms with Gasteiger partial charge in [0.05, 0.1) is 0 Å². The summed E-state index contributed by atoms with van der Waals surface area (Å²) in [7, 11) is 0. The molecule has 0 saturated carbocycles. The molecule has 4 saturated heterocycles. The van der Waals surface area contributed by atoms with Crippen LogP contribution in [-0.2, 0) is 38.4 Å². The van der Waals surface area contributed by atoms with Gasteiger partial charge in [-0.1, -0.05) is 24.3 Å². The number of carboxylic acid groups (broad SMARTS) is 2. The number of aliphatic carboxylic acids is 2. The number of carboxylic acids is 2. The Labute approximate surface area is 321 Å². The maximum Gasteiger partial charge on any atom is 0.327 e. The zero-order valence-electron chi connectivity index (χ0n) is 29.7. The van der Waals surface area contributed by atoms with Crippen molar-refractivity contribution < 1.29 is 58.8 Å². The second kappa shape index (κ2) is 14.3. The summed E-state index contributed by atoms with van der Waals surface area (Å²) in [6.45, 7) is 6.70. The summed E-state index contributed by atoms with van der Waals surface area (Å²) in [5.74, 6) is -7.57. The summed E-state index contributed by atoms with van der Waals surface area (Å²) >= 11 is 2.41. The first-order valence-corrected chi connectivity index (χ1v) is 18.7. The van der Waals surface area contributed by atoms with Crippen LogP contribution >= 0.6 is 23.5 Å². The van der Waals surface area contributed by atoms with Gasteiger partial charge < -0.3 is 51.5 Å². The van der Waals surface area contributed by atoms with Crippen molar-refractivity contribution in [1.29, 1.82) is 0 Å². The standard InChI is InChI=1S/C35H38N6O12S2/c1-34(2)24(32(50)51)40-28(48)22(30(40)54-34)38-26(46)20(14-5-9-16(42)10-6-14)36-18(44)13-19(45)37-21(15-7-11-17(43)12-8-15)27(47)39-23-29(49)41-25(33(52)53)35(3,4)55-31(23)41/h5-12,20-25,30-31,42-43H,13H2,1-4H3,(H,36,44)(H,37,45)(H,38,46)(H,39,47)(H,50,51)(H,52,53)/t20-,21+,22?,23?,24-,25+,30?,31?. The van der Waals surface area contributed by atoms with Crippen molar-refractivity contribution in [3.63, 3.8) is 0 Å². The number of nitrogens with zero attached hydrogens (tertiary/aromatic N) is 2. The van der Waals surface area contributed by atoms with Crippen molar-refractivity contribution in [3.8, 4) is 11.5 Å². The van der Waals surface area contributed by atoms with Gasteiger partial charge in [0.2, 0.25) is 35.4 Å². The van der Waals surface area contributed by atoms with Gasteiger partial charge in [0.1, 0.15) is 64.9 Å². The summed E-state index contributed by atoms with van der Waals surface area (Å²) < 4.78 is -1.72. The van der Waals surface area contributed by atoms with E-state index in [2.05, 4.69) is 21.3 Å². The normalized spacial score (nSPS) is 26.6. The molecule has 0 aromatic heterocycles. The van der Waals surface area contributed by atoms with Crippen molar-refractivity contribution in [2.45, 2.75) is 90.6 Å². The number of hydrogen-bond donors (Lipinski definition) is 8. The fourth-order valence-corrected chi connectivity index (χ4v) is 10.5. The van der Waals surface area contributed by atoms with Crippen molar-refractivity contribution in [1.82, 2.24) is 31.1 Å². The molecule has 4 heterocycles. The van der Waals surface area contributed by atoms with Gasteiger partial charge in [0.25, 0.3) is 0 Å². The number of benzene rings is 2. The summed E-state index contributed by atoms with van der Waals surface area (Å²) in [5.41, 5.74) is 0.350. The number of carbonyl (C=O) groups is 8. The van der Waals surface area contributed by atoms with Crippen LogP contribution in [-0.4, -0.2) is 122 Å². The molecule has 4 fully saturated rings. The molecule has 18 nitrogen and oxygen atoms in total. The molecule has 8 atom stereocenters. The number of carbonyl (C=O) groups excluding carboxylic acids is 6. The number of nitrogens with one attached hydrogen (secondary N) is 4. The van der Waals surface area contributed by atoms with E-state index in [0.29, 0.717) is 0 Å². The number of amides is 6. The molecule has 55 heavy (non-hydrogen) atoms. The largest absolute Gasteiger partial charge is 0.508 e. The van der Waals surface area contributed by atoms with E-state index >= 15 is 0 Å². The van der Waals surface area contributed by atoms with E-state index in [4.69, 9.17) is 0 Å². The van der Waals surface area contributed by atoms with Crippen LogP contribution in [0.2, 0.25) is 0 Å². The highest BCUT2D eigenvalue weighted by Gasteiger charge is 2.65. The Morgan fingerprint density at radius 1 is 0.636 bits per heavy atom. The van der Waals surface area contributed by atoms with Crippen molar-refractivity contribution in [2.75, 3.05) is 0 Å². The molecular weight excluding hydrogens is 761 g/mol. The molecule has 4 aliphatic rings. The van der Waals surface area contributed by atoms with Gasteiger partial charge in [-0.15, -0.1) is 23.5 Å². The molecule has 8 N–H and O–H groups in total. The lowest BCUT2D eigenvalue weighted by molar-refractivity contribution is -0.161. The molecule has 0 spiro atoms. The molecule has 4 unspecified atom stereocenters. The number of aromatic hydroxyl groups is 2. The minimum absolute atomic E-state index is 0.144. The predicted molar refractivity (Wildman–Crippen MR) is 194 cm³/mol. The average molecular weight is 799 g/mol. The third-order valence-electron chi connectivity index (χ3n) is 9.85. The van der Waals surface area contributed by atoms with E-state index in [0.717, 1.165) is 0 Å². The van der Waals surface area contributed by atoms with Crippen LogP contribution in [0.1, 0.15) is 57.3 Å². The molecule has 0 aliphatic carbocycles. The molecule has 0 bridgehead atoms. The molecule has 6 amide bonds. The third kappa shape index (κ3) is 7.22. The quantitative estimate of drug-likeness (QED) is 0.102. The average Bonchev–Trinajstić information content (AvgIpc) is 3.52. The lowest BCUT2D eigenvalue weighted by atomic mass is 9.95. The smallest absolute Gasteiger partial charge is 0.327 e. The van der Waals surface area contributed by atoms with Crippen molar-refractivity contribution in [2.24, 2.45) is 0 Å². The molecule has 4 aliphatic heterocycles. The fraction of sp³-hybridized carbons (Fsp3) is 0.429. The van der Waals surface area contributed by atoms with E-state index in [1.165, 1.54) is 81.9 Å². The SMILES string of the molecule is CC1(C)SC2C(NC(=O)[C@@H](NC(=O)CC(=O)N[C@@H](C(=O)NC3C(=O)N4C3SC(C)(C)[C@H]4C(=O)O)c3ccc(O)cc3)c3ccc(O)cc3)C(=O)N2[C@H]1C(=O)O. The Kier molecular flexibility index (Phi) is 10.2. The zero-order valence-corrected chi connectivity index (χ0v) is 31.3. The predicted octanol–water partition coefficient (Wildman–Crippen LogP) is -0.234. The molecule has 2 aromatic rings. The second-order valence-corrected chi connectivity index (χ2v) is 18.1. The minimum atomic E-state index is -1.48. The summed E-state index contributed by atoms with van der Waals surface area (Å²) in [4.78, 5) is 106. The van der Waals surface area contributed by atoms with E-state index in [1.807, 2.05) is 0 Å². The number of rotatable bonds is 12. The van der Waals surface area contributed by atoms with Gasteiger partial charge in [0, 0.05) is 9.49 Å². The summed E-state index contributed by atoms with van der Waals surface area (Å²) in [6, 6.07) is 3.01. The number of phenolic OH excluding ortho intramolecular Hbond substituents is 2.